The first kappa shape index (κ1) is 20.1. The molecule has 1 fully saturated rings. The van der Waals surface area contributed by atoms with E-state index in [0.717, 1.165) is 46.9 Å². The maximum Gasteiger partial charge on any atom is 0.271 e. The number of pyridine rings is 1. The molecule has 2 aromatic heterocycles. The molecule has 0 unspecified atom stereocenters. The van der Waals surface area contributed by atoms with E-state index in [4.69, 9.17) is 9.72 Å². The summed E-state index contributed by atoms with van der Waals surface area (Å²) < 4.78 is 5.54. The number of carbonyl (C=O) groups is 1. The molecule has 1 atom stereocenters. The second-order valence-electron chi connectivity index (χ2n) is 8.22. The largest absolute Gasteiger partial charge is 0.496 e. The van der Waals surface area contributed by atoms with Gasteiger partial charge in [0.15, 0.2) is 0 Å². The van der Waals surface area contributed by atoms with Gasteiger partial charge >= 0.3 is 0 Å². The van der Waals surface area contributed by atoms with Crippen LogP contribution in [0.2, 0.25) is 0 Å². The molecule has 3 heterocycles. The normalized spacial score (nSPS) is 16.3. The van der Waals surface area contributed by atoms with E-state index in [2.05, 4.69) is 42.2 Å². The van der Waals surface area contributed by atoms with Gasteiger partial charge in [0.05, 0.1) is 12.8 Å². The number of nitrogens with zero attached hydrogens (tertiary/aromatic N) is 3. The van der Waals surface area contributed by atoms with E-state index in [9.17, 15) is 4.79 Å². The Morgan fingerprint density at radius 3 is 2.77 bits per heavy atom. The molecule has 1 aliphatic rings. The van der Waals surface area contributed by atoms with Crippen molar-refractivity contribution in [3.05, 3.63) is 65.2 Å². The van der Waals surface area contributed by atoms with Gasteiger partial charge in [0.2, 0.25) is 0 Å². The topological polar surface area (TPSA) is 71.1 Å². The number of methoxy groups -OCH3 is 1. The van der Waals surface area contributed by atoms with Crippen LogP contribution in [0.1, 0.15) is 59.7 Å². The van der Waals surface area contributed by atoms with Gasteiger partial charge in [0.1, 0.15) is 11.4 Å². The average Bonchev–Trinajstić information content (AvgIpc) is 3.43. The van der Waals surface area contributed by atoms with Crippen molar-refractivity contribution in [2.24, 2.45) is 0 Å². The number of benzene rings is 1. The van der Waals surface area contributed by atoms with Crippen LogP contribution in [0.5, 0.6) is 5.75 Å². The Morgan fingerprint density at radius 1 is 1.23 bits per heavy atom. The van der Waals surface area contributed by atoms with E-state index in [1.807, 2.05) is 36.1 Å². The van der Waals surface area contributed by atoms with Crippen LogP contribution in [-0.4, -0.2) is 46.2 Å². The Kier molecular flexibility index (Phi) is 5.57. The maximum absolute atomic E-state index is 12.9. The molecule has 0 aliphatic carbocycles. The quantitative estimate of drug-likeness (QED) is 0.678. The number of rotatable bonds is 5. The number of aromatic amines is 1. The molecule has 156 valence electrons. The molecule has 6 heteroatoms. The van der Waals surface area contributed by atoms with Crippen LogP contribution in [0.25, 0.3) is 11.1 Å². The van der Waals surface area contributed by atoms with Crippen LogP contribution < -0.4 is 4.74 Å². The Balaban J connectivity index is 1.55. The zero-order valence-electron chi connectivity index (χ0n) is 18.0. The molecule has 0 bridgehead atoms. The van der Waals surface area contributed by atoms with Gasteiger partial charge in [-0.2, -0.15) is 5.10 Å². The van der Waals surface area contributed by atoms with Crippen molar-refractivity contribution in [1.29, 1.82) is 0 Å². The molecule has 0 radical (unpaired) electrons. The summed E-state index contributed by atoms with van der Waals surface area (Å²) in [4.78, 5) is 19.6. The third-order valence-electron chi connectivity index (χ3n) is 5.70. The van der Waals surface area contributed by atoms with Gasteiger partial charge < -0.3 is 9.64 Å². The molecule has 0 saturated carbocycles. The summed E-state index contributed by atoms with van der Waals surface area (Å²) in [5.41, 5.74) is 5.61. The van der Waals surface area contributed by atoms with E-state index < -0.39 is 0 Å². The van der Waals surface area contributed by atoms with Gasteiger partial charge in [-0.25, -0.2) is 0 Å². The van der Waals surface area contributed by atoms with Crippen molar-refractivity contribution >= 4 is 5.91 Å². The van der Waals surface area contributed by atoms with Crippen molar-refractivity contribution in [2.75, 3.05) is 20.2 Å². The van der Waals surface area contributed by atoms with Gasteiger partial charge in [-0.05, 0) is 49.1 Å². The number of likely N-dealkylation sites (tertiary alicyclic amines) is 1. The number of ether oxygens (including phenoxy) is 1. The number of carbonyl (C=O) groups excluding carboxylic acids is 1. The van der Waals surface area contributed by atoms with Crippen LogP contribution in [0.3, 0.4) is 0 Å². The van der Waals surface area contributed by atoms with Crippen molar-refractivity contribution in [3.8, 4) is 16.9 Å². The lowest BCUT2D eigenvalue weighted by molar-refractivity contribution is 0.0785. The van der Waals surface area contributed by atoms with E-state index in [0.29, 0.717) is 18.2 Å². The summed E-state index contributed by atoms with van der Waals surface area (Å²) in [6.45, 7) is 7.53. The summed E-state index contributed by atoms with van der Waals surface area (Å²) >= 11 is 0. The predicted molar refractivity (Wildman–Crippen MR) is 117 cm³/mol. The lowest BCUT2D eigenvalue weighted by Gasteiger charge is -2.16. The van der Waals surface area contributed by atoms with Crippen molar-refractivity contribution in [2.45, 2.75) is 39.0 Å². The SMILES string of the molecule is COc1ccccc1-c1cc(C)nc([C@@H]2CCN(C(=O)c3cc(C(C)C)n[nH]3)C2)c1. The molecule has 0 spiro atoms. The summed E-state index contributed by atoms with van der Waals surface area (Å²) in [5, 5.41) is 7.16. The zero-order valence-corrected chi connectivity index (χ0v) is 18.0. The molecule has 1 aromatic carbocycles. The first-order chi connectivity index (χ1) is 14.5. The fourth-order valence-electron chi connectivity index (χ4n) is 4.04. The number of hydrogen-bond acceptors (Lipinski definition) is 4. The van der Waals surface area contributed by atoms with Gasteiger partial charge in [0, 0.05) is 36.0 Å². The Hall–Kier alpha value is -3.15. The second-order valence-corrected chi connectivity index (χ2v) is 8.22. The van der Waals surface area contributed by atoms with Gasteiger partial charge in [0.25, 0.3) is 5.91 Å². The van der Waals surface area contributed by atoms with E-state index in [1.54, 1.807) is 7.11 Å². The first-order valence-corrected chi connectivity index (χ1v) is 10.4. The number of para-hydroxylation sites is 1. The number of aryl methyl sites for hydroxylation is 1. The Bertz CT molecular complexity index is 1060. The second kappa shape index (κ2) is 8.30. The van der Waals surface area contributed by atoms with E-state index in [1.165, 1.54) is 0 Å². The van der Waals surface area contributed by atoms with Crippen LogP contribution in [-0.2, 0) is 0 Å². The highest BCUT2D eigenvalue weighted by Crippen LogP contribution is 2.34. The zero-order chi connectivity index (χ0) is 21.3. The molecule has 30 heavy (non-hydrogen) atoms. The van der Waals surface area contributed by atoms with Gasteiger partial charge in [-0.1, -0.05) is 32.0 Å². The number of aromatic nitrogens is 3. The molecule has 1 amide bonds. The minimum Gasteiger partial charge on any atom is -0.496 e. The Labute approximate surface area is 177 Å². The molecular formula is C24H28N4O2. The monoisotopic (exact) mass is 404 g/mol. The molecule has 1 saturated heterocycles. The number of hydrogen-bond donors (Lipinski definition) is 1. The maximum atomic E-state index is 12.9. The number of amides is 1. The Morgan fingerprint density at radius 2 is 2.03 bits per heavy atom. The van der Waals surface area contributed by atoms with Crippen molar-refractivity contribution < 1.29 is 9.53 Å². The standard InChI is InChI=1S/C24H28N4O2/c1-15(2)20-13-22(27-26-20)24(29)28-10-9-17(14-28)21-12-18(11-16(3)25-21)19-7-5-6-8-23(19)30-4/h5-8,11-13,15,17H,9-10,14H2,1-4H3,(H,26,27)/t17-/m1/s1. The fourth-order valence-corrected chi connectivity index (χ4v) is 4.04. The minimum absolute atomic E-state index is 0.00880. The highest BCUT2D eigenvalue weighted by atomic mass is 16.5. The van der Waals surface area contributed by atoms with Crippen molar-refractivity contribution in [3.63, 3.8) is 0 Å². The molecular weight excluding hydrogens is 376 g/mol. The lowest BCUT2D eigenvalue weighted by atomic mass is 9.98. The van der Waals surface area contributed by atoms with Gasteiger partial charge in [-0.3, -0.25) is 14.9 Å². The third kappa shape index (κ3) is 3.95. The molecule has 3 aromatic rings. The molecule has 1 N–H and O–H groups in total. The van der Waals surface area contributed by atoms with Crippen molar-refractivity contribution in [1.82, 2.24) is 20.1 Å². The molecule has 6 nitrogen and oxygen atoms in total. The van der Waals surface area contributed by atoms with Crippen LogP contribution >= 0.6 is 0 Å². The first-order valence-electron chi connectivity index (χ1n) is 10.4. The molecule has 4 rings (SSSR count). The van der Waals surface area contributed by atoms with E-state index >= 15 is 0 Å². The van der Waals surface area contributed by atoms with Crippen LogP contribution in [0.15, 0.2) is 42.5 Å². The molecule has 1 aliphatic heterocycles. The average molecular weight is 405 g/mol. The third-order valence-corrected chi connectivity index (χ3v) is 5.70. The van der Waals surface area contributed by atoms with Crippen LogP contribution in [0, 0.1) is 6.92 Å². The summed E-state index contributed by atoms with van der Waals surface area (Å²) in [6, 6.07) is 14.1. The highest BCUT2D eigenvalue weighted by molar-refractivity contribution is 5.92. The fraction of sp³-hybridized carbons (Fsp3) is 0.375. The summed E-state index contributed by atoms with van der Waals surface area (Å²) in [7, 11) is 1.69. The minimum atomic E-state index is 0.00880. The van der Waals surface area contributed by atoms with E-state index in [-0.39, 0.29) is 11.8 Å². The lowest BCUT2D eigenvalue weighted by Crippen LogP contribution is -2.28. The van der Waals surface area contributed by atoms with Crippen LogP contribution in [0.4, 0.5) is 0 Å². The number of H-pyrrole nitrogens is 1. The highest BCUT2D eigenvalue weighted by Gasteiger charge is 2.30. The predicted octanol–water partition coefficient (Wildman–Crippen LogP) is 4.54. The number of nitrogens with one attached hydrogen (secondary N) is 1. The smallest absolute Gasteiger partial charge is 0.271 e. The summed E-state index contributed by atoms with van der Waals surface area (Å²) in [5.74, 6) is 1.36. The summed E-state index contributed by atoms with van der Waals surface area (Å²) in [6.07, 6.45) is 0.902. The van der Waals surface area contributed by atoms with Gasteiger partial charge in [-0.15, -0.1) is 0 Å².